The highest BCUT2D eigenvalue weighted by atomic mass is 15.0. The first-order chi connectivity index (χ1) is 4.22. The van der Waals surface area contributed by atoms with E-state index >= 15 is 0 Å². The van der Waals surface area contributed by atoms with Gasteiger partial charge in [0, 0.05) is 18.6 Å². The minimum atomic E-state index is 0.221. The molecule has 0 spiro atoms. The summed E-state index contributed by atoms with van der Waals surface area (Å²) in [5, 5.41) is 3.26. The maximum Gasteiger partial charge on any atom is 0.0405 e. The summed E-state index contributed by atoms with van der Waals surface area (Å²) in [5.74, 6) is 0. The summed E-state index contributed by atoms with van der Waals surface area (Å²) >= 11 is 0. The van der Waals surface area contributed by atoms with Crippen LogP contribution in [0.15, 0.2) is 11.6 Å². The average Bonchev–Trinajstić information content (AvgIpc) is 1.83. The molecule has 1 aliphatic rings. The minimum Gasteiger partial charge on any atom is -0.323 e. The molecule has 0 aromatic carbocycles. The molecule has 2 atom stereocenters. The minimum absolute atomic E-state index is 0.221. The van der Waals surface area contributed by atoms with Gasteiger partial charge in [-0.1, -0.05) is 11.6 Å². The molecule has 2 nitrogen and oxygen atoms in total. The molecule has 2 unspecified atom stereocenters. The lowest BCUT2D eigenvalue weighted by Crippen LogP contribution is -2.46. The summed E-state index contributed by atoms with van der Waals surface area (Å²) < 4.78 is 0. The summed E-state index contributed by atoms with van der Waals surface area (Å²) in [6, 6.07) is 0.661. The summed E-state index contributed by atoms with van der Waals surface area (Å²) in [6.07, 6.45) is 2.14. The first kappa shape index (κ1) is 6.78. The van der Waals surface area contributed by atoms with Crippen LogP contribution >= 0.6 is 0 Å². The molecule has 52 valence electrons. The van der Waals surface area contributed by atoms with E-state index in [0.717, 1.165) is 6.54 Å². The van der Waals surface area contributed by atoms with Gasteiger partial charge in [0.05, 0.1) is 0 Å². The number of nitrogens with one attached hydrogen (secondary N) is 1. The van der Waals surface area contributed by atoms with Crippen LogP contribution in [0.3, 0.4) is 0 Å². The summed E-state index contributed by atoms with van der Waals surface area (Å²) in [7, 11) is 0. The van der Waals surface area contributed by atoms with Gasteiger partial charge in [0.2, 0.25) is 0 Å². The van der Waals surface area contributed by atoms with Crippen molar-refractivity contribution in [3.05, 3.63) is 11.6 Å². The Labute approximate surface area is 56.1 Å². The van der Waals surface area contributed by atoms with Gasteiger partial charge in [-0.05, 0) is 13.8 Å². The van der Waals surface area contributed by atoms with Crippen molar-refractivity contribution in [1.82, 2.24) is 5.32 Å². The molecule has 3 N–H and O–H groups in total. The maximum absolute atomic E-state index is 5.79. The van der Waals surface area contributed by atoms with Crippen LogP contribution in [0.5, 0.6) is 0 Å². The van der Waals surface area contributed by atoms with Crippen molar-refractivity contribution in [2.45, 2.75) is 25.9 Å². The third-order valence-electron chi connectivity index (χ3n) is 1.93. The zero-order valence-corrected chi connectivity index (χ0v) is 6.02. The second kappa shape index (κ2) is 2.50. The van der Waals surface area contributed by atoms with E-state index in [9.17, 15) is 0 Å². The highest BCUT2D eigenvalue weighted by Gasteiger charge is 2.15. The number of rotatable bonds is 0. The zero-order valence-electron chi connectivity index (χ0n) is 6.02. The Balaban J connectivity index is 2.62. The molecule has 0 saturated carbocycles. The van der Waals surface area contributed by atoms with Gasteiger partial charge in [0.25, 0.3) is 0 Å². The monoisotopic (exact) mass is 126 g/mol. The lowest BCUT2D eigenvalue weighted by atomic mass is 9.99. The quantitative estimate of drug-likeness (QED) is 0.457. The van der Waals surface area contributed by atoms with Crippen molar-refractivity contribution < 1.29 is 0 Å². The molecular weight excluding hydrogens is 112 g/mol. The van der Waals surface area contributed by atoms with Crippen LogP contribution in [0, 0.1) is 0 Å². The van der Waals surface area contributed by atoms with E-state index < -0.39 is 0 Å². The van der Waals surface area contributed by atoms with Gasteiger partial charge in [0.1, 0.15) is 0 Å². The van der Waals surface area contributed by atoms with Crippen molar-refractivity contribution >= 4 is 0 Å². The SMILES string of the molecule is CC1=CCNC(C)C1N. The Bertz CT molecular complexity index is 129. The van der Waals surface area contributed by atoms with Crippen LogP contribution in [0.4, 0.5) is 0 Å². The highest BCUT2D eigenvalue weighted by molar-refractivity contribution is 5.14. The molecule has 0 fully saturated rings. The van der Waals surface area contributed by atoms with Crippen molar-refractivity contribution in [3.8, 4) is 0 Å². The summed E-state index contributed by atoms with van der Waals surface area (Å²) in [6.45, 7) is 5.17. The molecule has 2 heteroatoms. The van der Waals surface area contributed by atoms with Crippen molar-refractivity contribution in [1.29, 1.82) is 0 Å². The molecule has 0 bridgehead atoms. The van der Waals surface area contributed by atoms with Crippen molar-refractivity contribution in [3.63, 3.8) is 0 Å². The molecule has 0 aliphatic carbocycles. The highest BCUT2D eigenvalue weighted by Crippen LogP contribution is 2.06. The van der Waals surface area contributed by atoms with Crippen LogP contribution in [-0.2, 0) is 0 Å². The smallest absolute Gasteiger partial charge is 0.0405 e. The van der Waals surface area contributed by atoms with Gasteiger partial charge in [-0.2, -0.15) is 0 Å². The summed E-state index contributed by atoms with van der Waals surface area (Å²) in [5.41, 5.74) is 7.10. The Morgan fingerprint density at radius 1 is 1.78 bits per heavy atom. The van der Waals surface area contributed by atoms with Gasteiger partial charge < -0.3 is 11.1 Å². The summed E-state index contributed by atoms with van der Waals surface area (Å²) in [4.78, 5) is 0. The van der Waals surface area contributed by atoms with Crippen LogP contribution in [0.25, 0.3) is 0 Å². The Hall–Kier alpha value is -0.340. The lowest BCUT2D eigenvalue weighted by Gasteiger charge is -2.25. The Kier molecular flexibility index (Phi) is 1.88. The fourth-order valence-corrected chi connectivity index (χ4v) is 1.06. The zero-order chi connectivity index (χ0) is 6.85. The molecule has 0 saturated heterocycles. The first-order valence-electron chi connectivity index (χ1n) is 3.37. The molecule has 0 radical (unpaired) electrons. The van der Waals surface area contributed by atoms with E-state index in [1.165, 1.54) is 5.57 Å². The van der Waals surface area contributed by atoms with Crippen LogP contribution in [0.1, 0.15) is 13.8 Å². The third kappa shape index (κ3) is 1.32. The second-order valence-corrected chi connectivity index (χ2v) is 2.67. The van der Waals surface area contributed by atoms with Crippen LogP contribution < -0.4 is 11.1 Å². The van der Waals surface area contributed by atoms with Crippen LogP contribution in [-0.4, -0.2) is 18.6 Å². The third-order valence-corrected chi connectivity index (χ3v) is 1.93. The van der Waals surface area contributed by atoms with Gasteiger partial charge in [0.15, 0.2) is 0 Å². The normalized spacial score (nSPS) is 36.1. The first-order valence-corrected chi connectivity index (χ1v) is 3.37. The molecule has 0 amide bonds. The predicted octanol–water partition coefficient (Wildman–Crippen LogP) is 0.252. The fourth-order valence-electron chi connectivity index (χ4n) is 1.06. The molecule has 0 aromatic heterocycles. The van der Waals surface area contributed by atoms with E-state index in [-0.39, 0.29) is 6.04 Å². The molecule has 1 rings (SSSR count). The van der Waals surface area contributed by atoms with Gasteiger partial charge in [-0.25, -0.2) is 0 Å². The second-order valence-electron chi connectivity index (χ2n) is 2.67. The lowest BCUT2D eigenvalue weighted by molar-refractivity contribution is 0.493. The average molecular weight is 126 g/mol. The Morgan fingerprint density at radius 2 is 2.44 bits per heavy atom. The largest absolute Gasteiger partial charge is 0.323 e. The molecule has 1 heterocycles. The van der Waals surface area contributed by atoms with E-state index in [0.29, 0.717) is 6.04 Å². The number of nitrogens with two attached hydrogens (primary N) is 1. The molecule has 0 aromatic rings. The van der Waals surface area contributed by atoms with E-state index in [1.54, 1.807) is 0 Å². The van der Waals surface area contributed by atoms with Gasteiger partial charge >= 0.3 is 0 Å². The van der Waals surface area contributed by atoms with E-state index in [4.69, 9.17) is 5.73 Å². The van der Waals surface area contributed by atoms with Gasteiger partial charge in [-0.15, -0.1) is 0 Å². The fraction of sp³-hybridized carbons (Fsp3) is 0.714. The van der Waals surface area contributed by atoms with E-state index in [2.05, 4.69) is 25.2 Å². The standard InChI is InChI=1S/C7H14N2/c1-5-3-4-9-6(2)7(5)8/h3,6-7,9H,4,8H2,1-2H3. The van der Waals surface area contributed by atoms with Gasteiger partial charge in [-0.3, -0.25) is 0 Å². The van der Waals surface area contributed by atoms with Crippen molar-refractivity contribution in [2.24, 2.45) is 5.73 Å². The van der Waals surface area contributed by atoms with E-state index in [1.807, 2.05) is 0 Å². The predicted molar refractivity (Wildman–Crippen MR) is 39.2 cm³/mol. The van der Waals surface area contributed by atoms with Crippen molar-refractivity contribution in [2.75, 3.05) is 6.54 Å². The maximum atomic E-state index is 5.79. The number of hydrogen-bond acceptors (Lipinski definition) is 2. The van der Waals surface area contributed by atoms with Crippen LogP contribution in [0.2, 0.25) is 0 Å². The topological polar surface area (TPSA) is 38.0 Å². The Morgan fingerprint density at radius 3 is 2.89 bits per heavy atom. The molecule has 9 heavy (non-hydrogen) atoms. The molecular formula is C7H14N2. The molecule has 1 aliphatic heterocycles. The number of hydrogen-bond donors (Lipinski definition) is 2.